The Labute approximate surface area is 126 Å². The van der Waals surface area contributed by atoms with Crippen LogP contribution in [0.25, 0.3) is 0 Å². The molecule has 1 aromatic rings. The van der Waals surface area contributed by atoms with Gasteiger partial charge in [-0.3, -0.25) is 0 Å². The van der Waals surface area contributed by atoms with Crippen LogP contribution >= 0.6 is 11.8 Å². The molecular weight excluding hydrogens is 292 g/mol. The van der Waals surface area contributed by atoms with Crippen LogP contribution in [0.3, 0.4) is 0 Å². The zero-order chi connectivity index (χ0) is 14.8. The summed E-state index contributed by atoms with van der Waals surface area (Å²) < 4.78 is 27.2. The summed E-state index contributed by atoms with van der Waals surface area (Å²) in [5, 5.41) is 3.09. The number of hydrogen-bond acceptors (Lipinski definition) is 4. The lowest BCUT2D eigenvalue weighted by molar-refractivity contribution is 0.443. The van der Waals surface area contributed by atoms with Crippen LogP contribution in [0, 0.1) is 13.8 Å². The van der Waals surface area contributed by atoms with Crippen molar-refractivity contribution in [3.8, 4) is 0 Å². The van der Waals surface area contributed by atoms with Gasteiger partial charge in [-0.15, -0.1) is 0 Å². The third kappa shape index (κ3) is 3.19. The maximum absolute atomic E-state index is 12.8. The van der Waals surface area contributed by atoms with Crippen molar-refractivity contribution in [2.45, 2.75) is 25.3 Å². The predicted octanol–water partition coefficient (Wildman–Crippen LogP) is 1.76. The van der Waals surface area contributed by atoms with Crippen LogP contribution in [0.15, 0.2) is 17.0 Å². The summed E-state index contributed by atoms with van der Waals surface area (Å²) in [5.41, 5.74) is 3.01. The van der Waals surface area contributed by atoms with Crippen LogP contribution in [-0.4, -0.2) is 44.4 Å². The van der Waals surface area contributed by atoms with Crippen molar-refractivity contribution in [2.75, 3.05) is 31.6 Å². The third-order valence-electron chi connectivity index (χ3n) is 3.59. The van der Waals surface area contributed by atoms with Gasteiger partial charge in [0.2, 0.25) is 10.0 Å². The molecule has 20 heavy (non-hydrogen) atoms. The van der Waals surface area contributed by atoms with Crippen LogP contribution in [-0.2, 0) is 16.6 Å². The maximum atomic E-state index is 12.8. The van der Waals surface area contributed by atoms with Gasteiger partial charge in [-0.05, 0) is 43.7 Å². The van der Waals surface area contributed by atoms with E-state index in [0.29, 0.717) is 24.5 Å². The second-order valence-corrected chi connectivity index (χ2v) is 8.22. The van der Waals surface area contributed by atoms with E-state index in [-0.39, 0.29) is 0 Å². The first-order chi connectivity index (χ1) is 9.46. The summed E-state index contributed by atoms with van der Waals surface area (Å²) >= 11 is 1.81. The van der Waals surface area contributed by atoms with Crippen molar-refractivity contribution in [2.24, 2.45) is 0 Å². The lowest BCUT2D eigenvalue weighted by Gasteiger charge is -2.26. The monoisotopic (exact) mass is 314 g/mol. The van der Waals surface area contributed by atoms with Gasteiger partial charge in [0.05, 0.1) is 4.90 Å². The molecule has 0 atom stereocenters. The fourth-order valence-corrected chi connectivity index (χ4v) is 5.29. The van der Waals surface area contributed by atoms with E-state index in [2.05, 4.69) is 5.32 Å². The molecule has 0 radical (unpaired) electrons. The zero-order valence-electron chi connectivity index (χ0n) is 12.3. The predicted molar refractivity (Wildman–Crippen MR) is 84.8 cm³/mol. The number of benzene rings is 1. The molecule has 0 saturated carbocycles. The number of aryl methyl sites for hydroxylation is 2. The molecule has 0 bridgehead atoms. The fourth-order valence-electron chi connectivity index (χ4n) is 2.46. The van der Waals surface area contributed by atoms with Gasteiger partial charge in [-0.25, -0.2) is 8.42 Å². The second kappa shape index (κ2) is 6.47. The molecule has 6 heteroatoms. The van der Waals surface area contributed by atoms with Crippen molar-refractivity contribution < 1.29 is 8.42 Å². The highest BCUT2D eigenvalue weighted by Gasteiger charge is 2.28. The van der Waals surface area contributed by atoms with Gasteiger partial charge >= 0.3 is 0 Å². The minimum atomic E-state index is -3.36. The van der Waals surface area contributed by atoms with Crippen molar-refractivity contribution >= 4 is 21.8 Å². The second-order valence-electron chi connectivity index (χ2n) is 5.09. The first-order valence-corrected chi connectivity index (χ1v) is 9.39. The molecule has 4 nitrogen and oxygen atoms in total. The van der Waals surface area contributed by atoms with Crippen molar-refractivity contribution in [1.82, 2.24) is 9.62 Å². The molecule has 1 fully saturated rings. The van der Waals surface area contributed by atoms with Crippen molar-refractivity contribution in [1.29, 1.82) is 0 Å². The quantitative estimate of drug-likeness (QED) is 0.920. The van der Waals surface area contributed by atoms with Crippen LogP contribution in [0.1, 0.15) is 16.7 Å². The van der Waals surface area contributed by atoms with Crippen LogP contribution in [0.5, 0.6) is 0 Å². The molecule has 0 amide bonds. The molecule has 1 saturated heterocycles. The molecule has 1 N–H and O–H groups in total. The molecule has 0 unspecified atom stereocenters. The van der Waals surface area contributed by atoms with E-state index in [4.69, 9.17) is 0 Å². The average Bonchev–Trinajstić information content (AvgIpc) is 2.42. The highest BCUT2D eigenvalue weighted by Crippen LogP contribution is 2.25. The first-order valence-electron chi connectivity index (χ1n) is 6.79. The van der Waals surface area contributed by atoms with Gasteiger partial charge in [-0.2, -0.15) is 16.1 Å². The Morgan fingerprint density at radius 2 is 1.85 bits per heavy atom. The molecule has 0 spiro atoms. The summed E-state index contributed by atoms with van der Waals surface area (Å²) in [6.45, 7) is 5.81. The molecule has 1 aromatic carbocycles. The van der Waals surface area contributed by atoms with Gasteiger partial charge in [0, 0.05) is 31.1 Å². The largest absolute Gasteiger partial charge is 0.316 e. The van der Waals surface area contributed by atoms with E-state index in [9.17, 15) is 8.42 Å². The van der Waals surface area contributed by atoms with Crippen LogP contribution in [0.4, 0.5) is 0 Å². The summed E-state index contributed by atoms with van der Waals surface area (Å²) in [5.74, 6) is 1.76. The van der Waals surface area contributed by atoms with Gasteiger partial charge < -0.3 is 5.32 Å². The van der Waals surface area contributed by atoms with Crippen LogP contribution in [0.2, 0.25) is 0 Å². The Balaban J connectivity index is 2.42. The summed E-state index contributed by atoms with van der Waals surface area (Å²) in [4.78, 5) is 0.459. The highest BCUT2D eigenvalue weighted by atomic mass is 32.2. The average molecular weight is 314 g/mol. The first kappa shape index (κ1) is 15.8. The lowest BCUT2D eigenvalue weighted by atomic mass is 10.1. The number of nitrogens with one attached hydrogen (secondary N) is 1. The molecule has 1 heterocycles. The molecule has 112 valence electrons. The van der Waals surface area contributed by atoms with E-state index in [1.165, 1.54) is 0 Å². The van der Waals surface area contributed by atoms with Crippen molar-refractivity contribution in [3.05, 3.63) is 28.8 Å². The molecule has 1 aliphatic heterocycles. The third-order valence-corrected chi connectivity index (χ3v) is 6.57. The normalized spacial score (nSPS) is 17.4. The Morgan fingerprint density at radius 3 is 2.45 bits per heavy atom. The van der Waals surface area contributed by atoms with E-state index >= 15 is 0 Å². The molecule has 1 aliphatic rings. The zero-order valence-corrected chi connectivity index (χ0v) is 13.9. The minimum Gasteiger partial charge on any atom is -0.316 e. The van der Waals surface area contributed by atoms with Gasteiger partial charge in [0.25, 0.3) is 0 Å². The molecular formula is C14H22N2O2S2. The lowest BCUT2D eigenvalue weighted by Crippen LogP contribution is -2.38. The van der Waals surface area contributed by atoms with E-state index in [0.717, 1.165) is 28.2 Å². The molecule has 2 rings (SSSR count). The Bertz CT molecular complexity index is 579. The van der Waals surface area contributed by atoms with Gasteiger partial charge in [0.1, 0.15) is 0 Å². The molecule has 0 aromatic heterocycles. The standard InChI is InChI=1S/C14H22N2O2S2/c1-11-8-12(2)14(9-13(11)10-15-3)20(17,18)16-4-6-19-7-5-16/h8-9,15H,4-7,10H2,1-3H3. The topological polar surface area (TPSA) is 49.4 Å². The maximum Gasteiger partial charge on any atom is 0.243 e. The van der Waals surface area contributed by atoms with E-state index in [1.807, 2.05) is 44.8 Å². The number of thioether (sulfide) groups is 1. The Morgan fingerprint density at radius 1 is 1.20 bits per heavy atom. The van der Waals surface area contributed by atoms with Gasteiger partial charge in [0.15, 0.2) is 0 Å². The summed E-state index contributed by atoms with van der Waals surface area (Å²) in [6.07, 6.45) is 0. The highest BCUT2D eigenvalue weighted by molar-refractivity contribution is 7.99. The minimum absolute atomic E-state index is 0.459. The van der Waals surface area contributed by atoms with E-state index in [1.54, 1.807) is 4.31 Å². The van der Waals surface area contributed by atoms with E-state index < -0.39 is 10.0 Å². The van der Waals surface area contributed by atoms with Crippen molar-refractivity contribution in [3.63, 3.8) is 0 Å². The summed E-state index contributed by atoms with van der Waals surface area (Å²) in [6, 6.07) is 3.80. The fraction of sp³-hybridized carbons (Fsp3) is 0.571. The van der Waals surface area contributed by atoms with Crippen LogP contribution < -0.4 is 5.32 Å². The number of rotatable bonds is 4. The summed E-state index contributed by atoms with van der Waals surface area (Å²) in [7, 11) is -1.49. The smallest absolute Gasteiger partial charge is 0.243 e. The number of nitrogens with zero attached hydrogens (tertiary/aromatic N) is 1. The number of hydrogen-bond donors (Lipinski definition) is 1. The Kier molecular flexibility index (Phi) is 5.12. The SMILES string of the molecule is CNCc1cc(S(=O)(=O)N2CCSCC2)c(C)cc1C. The molecule has 0 aliphatic carbocycles. The number of sulfonamides is 1. The van der Waals surface area contributed by atoms with Gasteiger partial charge in [-0.1, -0.05) is 6.07 Å². The Hall–Kier alpha value is -0.560.